The number of aliphatic hydroxyl groups is 1. The van der Waals surface area contributed by atoms with E-state index in [4.69, 9.17) is 21.1 Å². The normalized spacial score (nSPS) is 17.1. The van der Waals surface area contributed by atoms with Crippen molar-refractivity contribution in [3.63, 3.8) is 0 Å². The molecule has 0 radical (unpaired) electrons. The smallest absolute Gasteiger partial charge is 0.139 e. The van der Waals surface area contributed by atoms with E-state index in [9.17, 15) is 5.11 Å². The third kappa shape index (κ3) is 4.54. The predicted molar refractivity (Wildman–Crippen MR) is 80.7 cm³/mol. The highest BCUT2D eigenvalue weighted by atomic mass is 35.5. The minimum absolute atomic E-state index is 0.334. The summed E-state index contributed by atoms with van der Waals surface area (Å²) in [6.45, 7) is 0.819. The molecule has 1 aromatic rings. The average Bonchev–Trinajstić information content (AvgIpc) is 2.97. The van der Waals surface area contributed by atoms with E-state index in [2.05, 4.69) is 5.32 Å². The number of nitrogens with one attached hydrogen (secondary N) is 1. The zero-order valence-corrected chi connectivity index (χ0v) is 12.5. The molecule has 1 aliphatic carbocycles. The standard InChI is InChI=1S/C15H22ClNO3/c1-19-15-8-11(6-7-14(15)16)17-9-12(18)10-20-13-4-2-3-5-13/h6-8,12-13,17-18H,2-5,9-10H2,1H3. The van der Waals surface area contributed by atoms with E-state index < -0.39 is 6.10 Å². The van der Waals surface area contributed by atoms with Gasteiger partial charge in [0.05, 0.1) is 30.9 Å². The highest BCUT2D eigenvalue weighted by Crippen LogP contribution is 2.27. The first-order valence-electron chi connectivity index (χ1n) is 7.06. The first-order valence-corrected chi connectivity index (χ1v) is 7.44. The average molecular weight is 300 g/mol. The van der Waals surface area contributed by atoms with Crippen molar-refractivity contribution in [2.75, 3.05) is 25.6 Å². The zero-order valence-electron chi connectivity index (χ0n) is 11.8. The maximum absolute atomic E-state index is 9.91. The molecule has 20 heavy (non-hydrogen) atoms. The lowest BCUT2D eigenvalue weighted by molar-refractivity contribution is -0.00117. The Morgan fingerprint density at radius 3 is 2.85 bits per heavy atom. The topological polar surface area (TPSA) is 50.7 Å². The fourth-order valence-corrected chi connectivity index (χ4v) is 2.56. The Balaban J connectivity index is 1.73. The van der Waals surface area contributed by atoms with Crippen LogP contribution in [-0.2, 0) is 4.74 Å². The molecule has 0 heterocycles. The molecule has 0 spiro atoms. The second kappa shape index (κ2) is 7.72. The first-order chi connectivity index (χ1) is 9.69. The Morgan fingerprint density at radius 1 is 1.40 bits per heavy atom. The van der Waals surface area contributed by atoms with Crippen LogP contribution in [0.15, 0.2) is 18.2 Å². The molecule has 1 fully saturated rings. The molecule has 1 aromatic carbocycles. The minimum Gasteiger partial charge on any atom is -0.495 e. The molecule has 2 rings (SSSR count). The molecule has 0 bridgehead atoms. The second-order valence-electron chi connectivity index (χ2n) is 5.12. The van der Waals surface area contributed by atoms with Crippen LogP contribution in [-0.4, -0.2) is 37.6 Å². The molecule has 4 nitrogen and oxygen atoms in total. The number of aliphatic hydroxyl groups excluding tert-OH is 1. The first kappa shape index (κ1) is 15.4. The molecule has 1 aliphatic rings. The summed E-state index contributed by atoms with van der Waals surface area (Å²) >= 11 is 5.96. The molecule has 112 valence electrons. The summed E-state index contributed by atoms with van der Waals surface area (Å²) in [7, 11) is 1.58. The Kier molecular flexibility index (Phi) is 5.95. The molecule has 0 amide bonds. The minimum atomic E-state index is -0.516. The van der Waals surface area contributed by atoms with Crippen LogP contribution in [0.3, 0.4) is 0 Å². The van der Waals surface area contributed by atoms with Crippen LogP contribution in [0.25, 0.3) is 0 Å². The van der Waals surface area contributed by atoms with E-state index in [1.165, 1.54) is 12.8 Å². The van der Waals surface area contributed by atoms with Crippen LogP contribution in [0, 0.1) is 0 Å². The Hall–Kier alpha value is -0.970. The van der Waals surface area contributed by atoms with Crippen molar-refractivity contribution in [1.29, 1.82) is 0 Å². The van der Waals surface area contributed by atoms with Gasteiger partial charge in [0.15, 0.2) is 0 Å². The zero-order chi connectivity index (χ0) is 14.4. The van der Waals surface area contributed by atoms with Crippen LogP contribution >= 0.6 is 11.6 Å². The molecule has 5 heteroatoms. The number of halogens is 1. The molecule has 1 unspecified atom stereocenters. The van der Waals surface area contributed by atoms with Gasteiger partial charge in [0, 0.05) is 18.3 Å². The third-order valence-electron chi connectivity index (χ3n) is 3.52. The molecular formula is C15H22ClNO3. The Morgan fingerprint density at radius 2 is 2.15 bits per heavy atom. The summed E-state index contributed by atoms with van der Waals surface area (Å²) in [5.41, 5.74) is 0.867. The van der Waals surface area contributed by atoms with Gasteiger partial charge in [-0.2, -0.15) is 0 Å². The number of hydrogen-bond acceptors (Lipinski definition) is 4. The highest BCUT2D eigenvalue weighted by Gasteiger charge is 2.16. The van der Waals surface area contributed by atoms with Crippen molar-refractivity contribution in [3.8, 4) is 5.75 Å². The molecule has 0 aromatic heterocycles. The number of hydrogen-bond donors (Lipinski definition) is 2. The van der Waals surface area contributed by atoms with Crippen molar-refractivity contribution < 1.29 is 14.6 Å². The molecular weight excluding hydrogens is 278 g/mol. The third-order valence-corrected chi connectivity index (χ3v) is 3.83. The number of rotatable bonds is 7. The fourth-order valence-electron chi connectivity index (χ4n) is 2.37. The van der Waals surface area contributed by atoms with Crippen LogP contribution < -0.4 is 10.1 Å². The molecule has 1 atom stereocenters. The van der Waals surface area contributed by atoms with E-state index in [0.717, 1.165) is 18.5 Å². The van der Waals surface area contributed by atoms with Gasteiger partial charge in [0.2, 0.25) is 0 Å². The molecule has 2 N–H and O–H groups in total. The quantitative estimate of drug-likeness (QED) is 0.812. The Labute approximate surface area is 125 Å². The lowest BCUT2D eigenvalue weighted by atomic mass is 10.2. The van der Waals surface area contributed by atoms with Crippen LogP contribution in [0.1, 0.15) is 25.7 Å². The van der Waals surface area contributed by atoms with Crippen molar-refractivity contribution in [1.82, 2.24) is 0 Å². The number of ether oxygens (including phenoxy) is 2. The summed E-state index contributed by atoms with van der Waals surface area (Å²) < 4.78 is 10.8. The number of anilines is 1. The maximum Gasteiger partial charge on any atom is 0.139 e. The number of benzene rings is 1. The lowest BCUT2D eigenvalue weighted by Crippen LogP contribution is -2.27. The summed E-state index contributed by atoms with van der Waals surface area (Å²) in [6, 6.07) is 5.44. The molecule has 0 aliphatic heterocycles. The van der Waals surface area contributed by atoms with Crippen molar-refractivity contribution in [3.05, 3.63) is 23.2 Å². The van der Waals surface area contributed by atoms with Gasteiger partial charge in [-0.05, 0) is 25.0 Å². The Bertz CT molecular complexity index is 422. The van der Waals surface area contributed by atoms with Gasteiger partial charge >= 0.3 is 0 Å². The van der Waals surface area contributed by atoms with Crippen LogP contribution in [0.4, 0.5) is 5.69 Å². The van der Waals surface area contributed by atoms with E-state index >= 15 is 0 Å². The van der Waals surface area contributed by atoms with Gasteiger partial charge in [-0.1, -0.05) is 24.4 Å². The SMILES string of the molecule is COc1cc(NCC(O)COC2CCCC2)ccc1Cl. The van der Waals surface area contributed by atoms with E-state index in [0.29, 0.717) is 30.0 Å². The van der Waals surface area contributed by atoms with Crippen LogP contribution in [0.2, 0.25) is 5.02 Å². The van der Waals surface area contributed by atoms with E-state index in [-0.39, 0.29) is 0 Å². The second-order valence-corrected chi connectivity index (χ2v) is 5.53. The highest BCUT2D eigenvalue weighted by molar-refractivity contribution is 6.32. The summed E-state index contributed by atoms with van der Waals surface area (Å²) in [5.74, 6) is 0.619. The van der Waals surface area contributed by atoms with E-state index in [1.807, 2.05) is 12.1 Å². The lowest BCUT2D eigenvalue weighted by Gasteiger charge is -2.17. The summed E-state index contributed by atoms with van der Waals surface area (Å²) in [6.07, 6.45) is 4.54. The van der Waals surface area contributed by atoms with Gasteiger partial charge in [-0.25, -0.2) is 0 Å². The monoisotopic (exact) mass is 299 g/mol. The summed E-state index contributed by atoms with van der Waals surface area (Å²) in [4.78, 5) is 0. The van der Waals surface area contributed by atoms with Gasteiger partial charge in [0.1, 0.15) is 5.75 Å². The van der Waals surface area contributed by atoms with Crippen LogP contribution in [0.5, 0.6) is 5.75 Å². The van der Waals surface area contributed by atoms with Gasteiger partial charge in [0.25, 0.3) is 0 Å². The van der Waals surface area contributed by atoms with Crippen molar-refractivity contribution in [2.45, 2.75) is 37.9 Å². The molecule has 1 saturated carbocycles. The number of methoxy groups -OCH3 is 1. The summed E-state index contributed by atoms with van der Waals surface area (Å²) in [5, 5.41) is 13.6. The molecule has 0 saturated heterocycles. The van der Waals surface area contributed by atoms with Gasteiger partial charge in [-0.3, -0.25) is 0 Å². The van der Waals surface area contributed by atoms with Crippen molar-refractivity contribution in [2.24, 2.45) is 0 Å². The van der Waals surface area contributed by atoms with Crippen molar-refractivity contribution >= 4 is 17.3 Å². The largest absolute Gasteiger partial charge is 0.495 e. The van der Waals surface area contributed by atoms with E-state index in [1.54, 1.807) is 13.2 Å². The van der Waals surface area contributed by atoms with Gasteiger partial charge in [-0.15, -0.1) is 0 Å². The maximum atomic E-state index is 9.91. The predicted octanol–water partition coefficient (Wildman–Crippen LogP) is 3.08. The fraction of sp³-hybridized carbons (Fsp3) is 0.600. The van der Waals surface area contributed by atoms with Gasteiger partial charge < -0.3 is 19.9 Å².